The normalized spacial score (nSPS) is 25.4. The van der Waals surface area contributed by atoms with Gasteiger partial charge in [0.25, 0.3) is 0 Å². The maximum Gasteiger partial charge on any atom is 0.324 e. The standard InChI is InChI=1S/C16H23NO2/c1-4-16(15(18)19)10-7-11-17(16)13(3)14-9-6-5-8-12(14)2/h5-6,8-9,13H,4,7,10-11H2,1-3H3,(H,18,19). The van der Waals surface area contributed by atoms with Gasteiger partial charge in [0.1, 0.15) is 5.54 Å². The van der Waals surface area contributed by atoms with Crippen molar-refractivity contribution in [2.45, 2.75) is 51.6 Å². The molecule has 1 aliphatic heterocycles. The second kappa shape index (κ2) is 5.33. The van der Waals surface area contributed by atoms with Gasteiger partial charge >= 0.3 is 5.97 Å². The Balaban J connectivity index is 2.35. The van der Waals surface area contributed by atoms with Crippen LogP contribution in [0.3, 0.4) is 0 Å². The van der Waals surface area contributed by atoms with Crippen LogP contribution in [0.1, 0.15) is 50.3 Å². The van der Waals surface area contributed by atoms with Crippen LogP contribution in [-0.4, -0.2) is 28.1 Å². The first-order chi connectivity index (χ1) is 9.03. The van der Waals surface area contributed by atoms with Crippen LogP contribution in [0.4, 0.5) is 0 Å². The molecule has 104 valence electrons. The Kier molecular flexibility index (Phi) is 3.95. The molecule has 0 saturated carbocycles. The van der Waals surface area contributed by atoms with Crippen LogP contribution in [0.2, 0.25) is 0 Å². The highest BCUT2D eigenvalue weighted by Crippen LogP contribution is 2.39. The summed E-state index contributed by atoms with van der Waals surface area (Å²) in [5.74, 6) is -0.673. The molecule has 2 unspecified atom stereocenters. The summed E-state index contributed by atoms with van der Waals surface area (Å²) in [4.78, 5) is 13.9. The first-order valence-electron chi connectivity index (χ1n) is 7.08. The minimum absolute atomic E-state index is 0.153. The molecule has 1 N–H and O–H groups in total. The van der Waals surface area contributed by atoms with Crippen LogP contribution in [0.5, 0.6) is 0 Å². The SMILES string of the molecule is CCC1(C(=O)O)CCCN1C(C)c1ccccc1C. The van der Waals surface area contributed by atoms with E-state index in [1.54, 1.807) is 0 Å². The van der Waals surface area contributed by atoms with Gasteiger partial charge in [0.05, 0.1) is 0 Å². The number of rotatable bonds is 4. The number of carbonyl (C=O) groups is 1. The monoisotopic (exact) mass is 261 g/mol. The van der Waals surface area contributed by atoms with E-state index in [1.165, 1.54) is 11.1 Å². The van der Waals surface area contributed by atoms with Crippen LogP contribution in [0.25, 0.3) is 0 Å². The molecular formula is C16H23NO2. The van der Waals surface area contributed by atoms with E-state index in [4.69, 9.17) is 0 Å². The van der Waals surface area contributed by atoms with Crippen molar-refractivity contribution < 1.29 is 9.90 Å². The summed E-state index contributed by atoms with van der Waals surface area (Å²) in [6, 6.07) is 8.42. The highest BCUT2D eigenvalue weighted by molar-refractivity contribution is 5.79. The molecule has 3 nitrogen and oxygen atoms in total. The Morgan fingerprint density at radius 2 is 2.16 bits per heavy atom. The third-order valence-electron chi connectivity index (χ3n) is 4.63. The van der Waals surface area contributed by atoms with E-state index in [2.05, 4.69) is 30.9 Å². The van der Waals surface area contributed by atoms with Crippen LogP contribution < -0.4 is 0 Å². The van der Waals surface area contributed by atoms with Crippen LogP contribution in [0, 0.1) is 6.92 Å². The Morgan fingerprint density at radius 1 is 1.47 bits per heavy atom. The van der Waals surface area contributed by atoms with Crippen molar-refractivity contribution in [3.8, 4) is 0 Å². The highest BCUT2D eigenvalue weighted by Gasteiger charge is 2.48. The number of carboxylic acids is 1. The molecule has 3 heteroatoms. The molecule has 19 heavy (non-hydrogen) atoms. The van der Waals surface area contributed by atoms with Gasteiger partial charge in [0.2, 0.25) is 0 Å². The molecule has 0 radical (unpaired) electrons. The van der Waals surface area contributed by atoms with Crippen molar-refractivity contribution in [1.29, 1.82) is 0 Å². The number of hydrogen-bond donors (Lipinski definition) is 1. The van der Waals surface area contributed by atoms with Crippen LogP contribution >= 0.6 is 0 Å². The minimum Gasteiger partial charge on any atom is -0.480 e. The summed E-state index contributed by atoms with van der Waals surface area (Å²) in [7, 11) is 0. The highest BCUT2D eigenvalue weighted by atomic mass is 16.4. The zero-order valence-electron chi connectivity index (χ0n) is 12.0. The lowest BCUT2D eigenvalue weighted by molar-refractivity contribution is -0.151. The molecule has 2 atom stereocenters. The first-order valence-corrected chi connectivity index (χ1v) is 7.08. The largest absolute Gasteiger partial charge is 0.480 e. The molecule has 1 heterocycles. The number of benzene rings is 1. The second-order valence-electron chi connectivity index (χ2n) is 5.52. The molecule has 0 aliphatic carbocycles. The molecule has 1 aromatic carbocycles. The molecule has 1 saturated heterocycles. The van der Waals surface area contributed by atoms with Gasteiger partial charge in [-0.1, -0.05) is 31.2 Å². The van der Waals surface area contributed by atoms with Gasteiger partial charge in [-0.3, -0.25) is 9.69 Å². The average molecular weight is 261 g/mol. The molecule has 2 rings (SSSR count). The summed E-state index contributed by atoms with van der Waals surface area (Å²) in [6.07, 6.45) is 2.39. The van der Waals surface area contributed by atoms with E-state index in [-0.39, 0.29) is 6.04 Å². The fourth-order valence-electron chi connectivity index (χ4n) is 3.45. The van der Waals surface area contributed by atoms with Gasteiger partial charge in [-0.15, -0.1) is 0 Å². The maximum atomic E-state index is 11.7. The Labute approximate surface area is 115 Å². The summed E-state index contributed by atoms with van der Waals surface area (Å²) in [6.45, 7) is 7.07. The molecule has 0 bridgehead atoms. The summed E-state index contributed by atoms with van der Waals surface area (Å²) >= 11 is 0. The molecule has 1 fully saturated rings. The third kappa shape index (κ3) is 2.27. The van der Waals surface area contributed by atoms with Gasteiger partial charge in [-0.2, -0.15) is 0 Å². The van der Waals surface area contributed by atoms with Gasteiger partial charge < -0.3 is 5.11 Å². The number of carboxylic acid groups (broad SMARTS) is 1. The molecular weight excluding hydrogens is 238 g/mol. The fourth-order valence-corrected chi connectivity index (χ4v) is 3.45. The molecule has 0 aromatic heterocycles. The van der Waals surface area contributed by atoms with E-state index in [0.717, 1.165) is 19.4 Å². The smallest absolute Gasteiger partial charge is 0.324 e. The number of aliphatic carboxylic acids is 1. The van der Waals surface area contributed by atoms with Crippen molar-refractivity contribution >= 4 is 5.97 Å². The summed E-state index contributed by atoms with van der Waals surface area (Å²) < 4.78 is 0. The van der Waals surface area contributed by atoms with E-state index in [0.29, 0.717) is 6.42 Å². The second-order valence-corrected chi connectivity index (χ2v) is 5.52. The van der Waals surface area contributed by atoms with E-state index in [1.807, 2.05) is 19.1 Å². The predicted octanol–water partition coefficient (Wildman–Crippen LogP) is 3.39. The topological polar surface area (TPSA) is 40.5 Å². The van der Waals surface area contributed by atoms with Gasteiger partial charge in [0, 0.05) is 6.04 Å². The Morgan fingerprint density at radius 3 is 2.74 bits per heavy atom. The maximum absolute atomic E-state index is 11.7. The van der Waals surface area contributed by atoms with Gasteiger partial charge in [0.15, 0.2) is 0 Å². The zero-order valence-corrected chi connectivity index (χ0v) is 12.0. The Bertz CT molecular complexity index is 472. The van der Waals surface area contributed by atoms with Crippen molar-refractivity contribution in [2.24, 2.45) is 0 Å². The van der Waals surface area contributed by atoms with E-state index < -0.39 is 11.5 Å². The summed E-state index contributed by atoms with van der Waals surface area (Å²) in [5, 5.41) is 9.66. The van der Waals surface area contributed by atoms with Crippen LogP contribution in [0.15, 0.2) is 24.3 Å². The molecule has 1 aromatic rings. The lowest BCUT2D eigenvalue weighted by Crippen LogP contribution is -2.51. The molecule has 0 amide bonds. The van der Waals surface area contributed by atoms with Crippen molar-refractivity contribution in [3.05, 3.63) is 35.4 Å². The first kappa shape index (κ1) is 14.1. The van der Waals surface area contributed by atoms with Gasteiger partial charge in [-0.05, 0) is 50.8 Å². The summed E-state index contributed by atoms with van der Waals surface area (Å²) in [5.41, 5.74) is 1.79. The lowest BCUT2D eigenvalue weighted by Gasteiger charge is -2.38. The number of nitrogens with zero attached hydrogens (tertiary/aromatic N) is 1. The van der Waals surface area contributed by atoms with E-state index in [9.17, 15) is 9.90 Å². The molecule has 1 aliphatic rings. The minimum atomic E-state index is -0.679. The number of aryl methyl sites for hydroxylation is 1. The third-order valence-corrected chi connectivity index (χ3v) is 4.63. The van der Waals surface area contributed by atoms with Crippen molar-refractivity contribution in [1.82, 2.24) is 4.90 Å². The number of likely N-dealkylation sites (tertiary alicyclic amines) is 1. The number of hydrogen-bond acceptors (Lipinski definition) is 2. The van der Waals surface area contributed by atoms with Crippen molar-refractivity contribution in [2.75, 3.05) is 6.54 Å². The zero-order chi connectivity index (χ0) is 14.0. The van der Waals surface area contributed by atoms with Crippen LogP contribution in [-0.2, 0) is 4.79 Å². The van der Waals surface area contributed by atoms with Gasteiger partial charge in [-0.25, -0.2) is 0 Å². The Hall–Kier alpha value is -1.35. The van der Waals surface area contributed by atoms with E-state index >= 15 is 0 Å². The van der Waals surface area contributed by atoms with Crippen molar-refractivity contribution in [3.63, 3.8) is 0 Å². The molecule has 0 spiro atoms. The predicted molar refractivity (Wildman–Crippen MR) is 76.2 cm³/mol. The lowest BCUT2D eigenvalue weighted by atomic mass is 9.90. The quantitative estimate of drug-likeness (QED) is 0.903. The fraction of sp³-hybridized carbons (Fsp3) is 0.562. The average Bonchev–Trinajstić information content (AvgIpc) is 2.83.